The molecule has 15 heavy (non-hydrogen) atoms. The van der Waals surface area contributed by atoms with Crippen LogP contribution in [0.2, 0.25) is 0 Å². The van der Waals surface area contributed by atoms with E-state index in [2.05, 4.69) is 32.6 Å². The Labute approximate surface area is 98.2 Å². The van der Waals surface area contributed by atoms with Crippen LogP contribution in [0.5, 0.6) is 0 Å². The SMILES string of the molecule is CC.CC.CCN1CCC(C)C(C)(C)C1. The molecule has 0 aliphatic carbocycles. The molecule has 0 saturated carbocycles. The summed E-state index contributed by atoms with van der Waals surface area (Å²) in [6.45, 7) is 21.2. The van der Waals surface area contributed by atoms with Crippen LogP contribution >= 0.6 is 0 Å². The molecule has 0 radical (unpaired) electrons. The van der Waals surface area contributed by atoms with Crippen molar-refractivity contribution in [3.8, 4) is 0 Å². The van der Waals surface area contributed by atoms with Crippen molar-refractivity contribution in [2.24, 2.45) is 11.3 Å². The number of hydrogen-bond acceptors (Lipinski definition) is 1. The molecular weight excluding hydrogens is 182 g/mol. The smallest absolute Gasteiger partial charge is 0.00351 e. The predicted octanol–water partition coefficient (Wildman–Crippen LogP) is 4.43. The van der Waals surface area contributed by atoms with Gasteiger partial charge in [0.15, 0.2) is 0 Å². The number of nitrogens with zero attached hydrogens (tertiary/aromatic N) is 1. The highest BCUT2D eigenvalue weighted by atomic mass is 15.1. The number of piperidine rings is 1. The first-order valence-corrected chi connectivity index (χ1v) is 6.78. The summed E-state index contributed by atoms with van der Waals surface area (Å²) >= 11 is 0. The maximum absolute atomic E-state index is 2.56. The van der Waals surface area contributed by atoms with Crippen molar-refractivity contribution in [3.05, 3.63) is 0 Å². The largest absolute Gasteiger partial charge is 0.303 e. The minimum absolute atomic E-state index is 0.536. The molecule has 1 aliphatic heterocycles. The molecule has 0 amide bonds. The molecule has 94 valence electrons. The zero-order chi connectivity index (χ0) is 12.5. The highest BCUT2D eigenvalue weighted by Crippen LogP contribution is 2.33. The van der Waals surface area contributed by atoms with E-state index in [0.717, 1.165) is 5.92 Å². The molecule has 1 heterocycles. The van der Waals surface area contributed by atoms with E-state index in [1.54, 1.807) is 0 Å². The van der Waals surface area contributed by atoms with Crippen LogP contribution in [0.4, 0.5) is 0 Å². The standard InChI is InChI=1S/C10H21N.2C2H6/c1-5-11-7-6-9(2)10(3,4)8-11;2*1-2/h9H,5-8H2,1-4H3;2*1-2H3. The zero-order valence-electron chi connectivity index (χ0n) is 12.4. The van der Waals surface area contributed by atoms with Gasteiger partial charge in [0.05, 0.1) is 0 Å². The van der Waals surface area contributed by atoms with Gasteiger partial charge in [0, 0.05) is 6.54 Å². The molecule has 1 heteroatoms. The van der Waals surface area contributed by atoms with E-state index in [-0.39, 0.29) is 0 Å². The summed E-state index contributed by atoms with van der Waals surface area (Å²) in [6, 6.07) is 0. The highest BCUT2D eigenvalue weighted by molar-refractivity contribution is 4.84. The van der Waals surface area contributed by atoms with Gasteiger partial charge in [-0.1, -0.05) is 55.4 Å². The summed E-state index contributed by atoms with van der Waals surface area (Å²) in [5.41, 5.74) is 0.536. The molecule has 0 aromatic heterocycles. The second-order valence-electron chi connectivity index (χ2n) is 4.55. The van der Waals surface area contributed by atoms with Gasteiger partial charge >= 0.3 is 0 Å². The van der Waals surface area contributed by atoms with Gasteiger partial charge in [-0.15, -0.1) is 0 Å². The molecular formula is C14H33N. The molecule has 1 saturated heterocycles. The van der Waals surface area contributed by atoms with Crippen molar-refractivity contribution < 1.29 is 0 Å². The zero-order valence-corrected chi connectivity index (χ0v) is 12.4. The second kappa shape index (κ2) is 9.21. The van der Waals surface area contributed by atoms with Crippen molar-refractivity contribution >= 4 is 0 Å². The van der Waals surface area contributed by atoms with Crippen molar-refractivity contribution in [2.45, 2.75) is 61.8 Å². The third-order valence-electron chi connectivity index (χ3n) is 3.29. The average Bonchev–Trinajstić information content (AvgIpc) is 2.28. The van der Waals surface area contributed by atoms with Gasteiger partial charge in [-0.2, -0.15) is 0 Å². The summed E-state index contributed by atoms with van der Waals surface area (Å²) in [7, 11) is 0. The van der Waals surface area contributed by atoms with Crippen LogP contribution < -0.4 is 0 Å². The Bertz CT molecular complexity index is 129. The Morgan fingerprint density at radius 3 is 1.93 bits per heavy atom. The maximum atomic E-state index is 2.56. The molecule has 0 bridgehead atoms. The number of likely N-dealkylation sites (tertiary alicyclic amines) is 1. The van der Waals surface area contributed by atoms with Crippen LogP contribution in [-0.4, -0.2) is 24.5 Å². The fraction of sp³-hybridized carbons (Fsp3) is 1.00. The van der Waals surface area contributed by atoms with E-state index in [1.807, 2.05) is 27.7 Å². The van der Waals surface area contributed by atoms with E-state index in [0.29, 0.717) is 5.41 Å². The van der Waals surface area contributed by atoms with Gasteiger partial charge in [0.1, 0.15) is 0 Å². The minimum atomic E-state index is 0.536. The second-order valence-corrected chi connectivity index (χ2v) is 4.55. The predicted molar refractivity (Wildman–Crippen MR) is 72.4 cm³/mol. The van der Waals surface area contributed by atoms with Crippen LogP contribution in [-0.2, 0) is 0 Å². The third-order valence-corrected chi connectivity index (χ3v) is 3.29. The summed E-state index contributed by atoms with van der Waals surface area (Å²) in [5.74, 6) is 0.894. The van der Waals surface area contributed by atoms with Crippen molar-refractivity contribution in [1.29, 1.82) is 0 Å². The Morgan fingerprint density at radius 1 is 1.13 bits per heavy atom. The van der Waals surface area contributed by atoms with Crippen molar-refractivity contribution in [1.82, 2.24) is 4.90 Å². The van der Waals surface area contributed by atoms with Gasteiger partial charge < -0.3 is 4.90 Å². The molecule has 1 rings (SSSR count). The Hall–Kier alpha value is -0.0400. The monoisotopic (exact) mass is 215 g/mol. The fourth-order valence-corrected chi connectivity index (χ4v) is 1.85. The summed E-state index contributed by atoms with van der Waals surface area (Å²) in [5, 5.41) is 0. The van der Waals surface area contributed by atoms with Gasteiger partial charge in [-0.3, -0.25) is 0 Å². The summed E-state index contributed by atoms with van der Waals surface area (Å²) < 4.78 is 0. The molecule has 0 spiro atoms. The van der Waals surface area contributed by atoms with Gasteiger partial charge in [-0.05, 0) is 30.8 Å². The summed E-state index contributed by atoms with van der Waals surface area (Å²) in [6.07, 6.45) is 1.38. The molecule has 1 atom stereocenters. The van der Waals surface area contributed by atoms with Crippen molar-refractivity contribution in [2.75, 3.05) is 19.6 Å². The quantitative estimate of drug-likeness (QED) is 0.625. The Kier molecular flexibility index (Phi) is 10.7. The van der Waals surface area contributed by atoms with Crippen LogP contribution in [0.3, 0.4) is 0 Å². The molecule has 1 unspecified atom stereocenters. The number of hydrogen-bond donors (Lipinski definition) is 0. The lowest BCUT2D eigenvalue weighted by Gasteiger charge is -2.42. The van der Waals surface area contributed by atoms with E-state index >= 15 is 0 Å². The maximum Gasteiger partial charge on any atom is 0.00351 e. The van der Waals surface area contributed by atoms with E-state index in [1.165, 1.54) is 26.1 Å². The lowest BCUT2D eigenvalue weighted by Crippen LogP contribution is -2.44. The summed E-state index contributed by atoms with van der Waals surface area (Å²) in [4.78, 5) is 2.56. The van der Waals surface area contributed by atoms with Crippen molar-refractivity contribution in [3.63, 3.8) is 0 Å². The van der Waals surface area contributed by atoms with Gasteiger partial charge in [0.25, 0.3) is 0 Å². The Balaban J connectivity index is 0. The Morgan fingerprint density at radius 2 is 1.60 bits per heavy atom. The van der Waals surface area contributed by atoms with E-state index < -0.39 is 0 Å². The normalized spacial score (nSPS) is 24.4. The molecule has 0 aromatic rings. The van der Waals surface area contributed by atoms with Crippen LogP contribution in [0.25, 0.3) is 0 Å². The van der Waals surface area contributed by atoms with Gasteiger partial charge in [-0.25, -0.2) is 0 Å². The highest BCUT2D eigenvalue weighted by Gasteiger charge is 2.31. The van der Waals surface area contributed by atoms with E-state index in [9.17, 15) is 0 Å². The number of rotatable bonds is 1. The third kappa shape index (κ3) is 6.19. The lowest BCUT2D eigenvalue weighted by atomic mass is 9.75. The average molecular weight is 215 g/mol. The van der Waals surface area contributed by atoms with Crippen LogP contribution in [0.1, 0.15) is 61.8 Å². The molecule has 1 aliphatic rings. The minimum Gasteiger partial charge on any atom is -0.303 e. The van der Waals surface area contributed by atoms with Crippen LogP contribution in [0, 0.1) is 11.3 Å². The fourth-order valence-electron chi connectivity index (χ4n) is 1.85. The topological polar surface area (TPSA) is 3.24 Å². The lowest BCUT2D eigenvalue weighted by molar-refractivity contribution is 0.0687. The molecule has 0 N–H and O–H groups in total. The molecule has 1 fully saturated rings. The first-order valence-electron chi connectivity index (χ1n) is 6.78. The molecule has 0 aromatic carbocycles. The van der Waals surface area contributed by atoms with Crippen LogP contribution in [0.15, 0.2) is 0 Å². The first-order chi connectivity index (χ1) is 7.06. The first kappa shape index (κ1) is 17.4. The molecule has 1 nitrogen and oxygen atoms in total. The van der Waals surface area contributed by atoms with Gasteiger partial charge in [0.2, 0.25) is 0 Å². The van der Waals surface area contributed by atoms with E-state index in [4.69, 9.17) is 0 Å².